The second kappa shape index (κ2) is 8.25. The van der Waals surface area contributed by atoms with Gasteiger partial charge < -0.3 is 14.6 Å². The van der Waals surface area contributed by atoms with Crippen molar-refractivity contribution >= 4 is 45.2 Å². The fraction of sp³-hybridized carbons (Fsp3) is 0.375. The zero-order valence-electron chi connectivity index (χ0n) is 13.8. The summed E-state index contributed by atoms with van der Waals surface area (Å²) in [5.74, 6) is 0.523. The van der Waals surface area contributed by atoms with Gasteiger partial charge in [0.2, 0.25) is 0 Å². The third-order valence-electron chi connectivity index (χ3n) is 3.53. The Morgan fingerprint density at radius 2 is 2.08 bits per heavy atom. The highest BCUT2D eigenvalue weighted by Gasteiger charge is 2.11. The number of hydrogen-bond acceptors (Lipinski definition) is 6. The SMILES string of the molecule is CCN(CC)C(=S)SCc1nc2cc(C(=O)OC)ccc2c(=O)[nH]1. The van der Waals surface area contributed by atoms with Gasteiger partial charge in [-0.3, -0.25) is 4.79 Å². The first kappa shape index (κ1) is 18.4. The monoisotopic (exact) mass is 365 g/mol. The lowest BCUT2D eigenvalue weighted by Gasteiger charge is -2.20. The molecule has 0 atom stereocenters. The van der Waals surface area contributed by atoms with E-state index in [4.69, 9.17) is 17.0 Å². The van der Waals surface area contributed by atoms with Gasteiger partial charge in [-0.1, -0.05) is 24.0 Å². The molecule has 0 unspecified atom stereocenters. The van der Waals surface area contributed by atoms with Crippen LogP contribution in [-0.4, -0.2) is 45.4 Å². The van der Waals surface area contributed by atoms with E-state index in [2.05, 4.69) is 14.9 Å². The highest BCUT2D eigenvalue weighted by atomic mass is 32.2. The molecule has 0 aliphatic carbocycles. The molecule has 0 fully saturated rings. The van der Waals surface area contributed by atoms with Gasteiger partial charge in [-0.2, -0.15) is 0 Å². The average Bonchev–Trinajstić information content (AvgIpc) is 2.59. The number of nitrogens with zero attached hydrogens (tertiary/aromatic N) is 2. The molecule has 0 aliphatic heterocycles. The predicted molar refractivity (Wildman–Crippen MR) is 101 cm³/mol. The van der Waals surface area contributed by atoms with Gasteiger partial charge in [-0.15, -0.1) is 0 Å². The second-order valence-electron chi connectivity index (χ2n) is 4.96. The number of carbonyl (C=O) groups is 1. The maximum absolute atomic E-state index is 12.2. The molecule has 1 aromatic heterocycles. The molecule has 0 amide bonds. The van der Waals surface area contributed by atoms with Gasteiger partial charge in [0.15, 0.2) is 0 Å². The van der Waals surface area contributed by atoms with Crippen molar-refractivity contribution < 1.29 is 9.53 Å². The van der Waals surface area contributed by atoms with Crippen LogP contribution in [0.15, 0.2) is 23.0 Å². The van der Waals surface area contributed by atoms with Crippen molar-refractivity contribution in [1.29, 1.82) is 0 Å². The van der Waals surface area contributed by atoms with E-state index in [1.165, 1.54) is 18.9 Å². The molecule has 128 valence electrons. The summed E-state index contributed by atoms with van der Waals surface area (Å²) in [4.78, 5) is 33.1. The molecule has 8 heteroatoms. The Morgan fingerprint density at radius 1 is 1.38 bits per heavy atom. The van der Waals surface area contributed by atoms with Crippen LogP contribution in [0.2, 0.25) is 0 Å². The minimum Gasteiger partial charge on any atom is -0.465 e. The molecule has 0 saturated carbocycles. The van der Waals surface area contributed by atoms with Crippen molar-refractivity contribution in [3.05, 3.63) is 39.9 Å². The van der Waals surface area contributed by atoms with Gasteiger partial charge in [0.25, 0.3) is 5.56 Å². The topological polar surface area (TPSA) is 75.3 Å². The Morgan fingerprint density at radius 3 is 2.71 bits per heavy atom. The summed E-state index contributed by atoms with van der Waals surface area (Å²) in [7, 11) is 1.31. The van der Waals surface area contributed by atoms with Crippen LogP contribution in [0.1, 0.15) is 30.0 Å². The normalized spacial score (nSPS) is 10.6. The smallest absolute Gasteiger partial charge is 0.337 e. The summed E-state index contributed by atoms with van der Waals surface area (Å²) in [6.45, 7) is 5.76. The van der Waals surface area contributed by atoms with Crippen LogP contribution in [0.5, 0.6) is 0 Å². The summed E-state index contributed by atoms with van der Waals surface area (Å²) >= 11 is 6.83. The van der Waals surface area contributed by atoms with E-state index >= 15 is 0 Å². The summed E-state index contributed by atoms with van der Waals surface area (Å²) in [5, 5.41) is 0.433. The first-order chi connectivity index (χ1) is 11.5. The molecule has 24 heavy (non-hydrogen) atoms. The summed E-state index contributed by atoms with van der Waals surface area (Å²) in [5.41, 5.74) is 0.590. The van der Waals surface area contributed by atoms with Gasteiger partial charge in [0, 0.05) is 13.1 Å². The number of carbonyl (C=O) groups excluding carboxylic acids is 1. The number of esters is 1. The Hall–Kier alpha value is -1.93. The number of fused-ring (bicyclic) bond motifs is 1. The molecule has 1 N–H and O–H groups in total. The zero-order chi connectivity index (χ0) is 17.7. The first-order valence-electron chi connectivity index (χ1n) is 7.53. The minimum atomic E-state index is -0.461. The number of rotatable bonds is 5. The number of thioether (sulfide) groups is 1. The van der Waals surface area contributed by atoms with Gasteiger partial charge in [0.1, 0.15) is 10.1 Å². The van der Waals surface area contributed by atoms with Crippen LogP contribution >= 0.6 is 24.0 Å². The van der Waals surface area contributed by atoms with Crippen LogP contribution in [0.25, 0.3) is 10.9 Å². The lowest BCUT2D eigenvalue weighted by Crippen LogP contribution is -2.26. The quantitative estimate of drug-likeness (QED) is 0.645. The molecule has 0 radical (unpaired) electrons. The number of nitrogens with one attached hydrogen (secondary N) is 1. The Bertz CT molecular complexity index is 816. The molecule has 6 nitrogen and oxygen atoms in total. The van der Waals surface area contributed by atoms with Crippen molar-refractivity contribution in [3.8, 4) is 0 Å². The van der Waals surface area contributed by atoms with Crippen LogP contribution in [-0.2, 0) is 10.5 Å². The van der Waals surface area contributed by atoms with Gasteiger partial charge in [-0.25, -0.2) is 9.78 Å². The fourth-order valence-corrected chi connectivity index (χ4v) is 3.48. The minimum absolute atomic E-state index is 0.235. The predicted octanol–water partition coefficient (Wildman–Crippen LogP) is 2.57. The zero-order valence-corrected chi connectivity index (χ0v) is 15.4. The molecular formula is C16H19N3O3S2. The maximum atomic E-state index is 12.2. The number of H-pyrrole nitrogens is 1. The van der Waals surface area contributed by atoms with E-state index in [9.17, 15) is 9.59 Å². The number of aromatic amines is 1. The third-order valence-corrected chi connectivity index (χ3v) is 5.07. The molecule has 0 saturated heterocycles. The van der Waals surface area contributed by atoms with Gasteiger partial charge in [0.05, 0.1) is 29.3 Å². The number of hydrogen-bond donors (Lipinski definition) is 1. The van der Waals surface area contributed by atoms with E-state index in [-0.39, 0.29) is 5.56 Å². The second-order valence-corrected chi connectivity index (χ2v) is 6.57. The molecule has 2 rings (SSSR count). The van der Waals surface area contributed by atoms with Crippen molar-refractivity contribution in [1.82, 2.24) is 14.9 Å². The van der Waals surface area contributed by atoms with Gasteiger partial charge in [-0.05, 0) is 32.0 Å². The van der Waals surface area contributed by atoms with Crippen LogP contribution < -0.4 is 5.56 Å². The Balaban J connectivity index is 2.27. The molecule has 1 aromatic carbocycles. The number of methoxy groups -OCH3 is 1. The number of aromatic nitrogens is 2. The van der Waals surface area contributed by atoms with Crippen molar-refractivity contribution in [3.63, 3.8) is 0 Å². The summed E-state index contributed by atoms with van der Waals surface area (Å²) in [6.07, 6.45) is 0. The first-order valence-corrected chi connectivity index (χ1v) is 8.92. The van der Waals surface area contributed by atoms with Crippen LogP contribution in [0, 0.1) is 0 Å². The van der Waals surface area contributed by atoms with Gasteiger partial charge >= 0.3 is 5.97 Å². The van der Waals surface area contributed by atoms with Crippen LogP contribution in [0.4, 0.5) is 0 Å². The van der Waals surface area contributed by atoms with Crippen molar-refractivity contribution in [2.75, 3.05) is 20.2 Å². The lowest BCUT2D eigenvalue weighted by molar-refractivity contribution is 0.0601. The number of ether oxygens (including phenoxy) is 1. The molecule has 0 bridgehead atoms. The van der Waals surface area contributed by atoms with E-state index < -0.39 is 5.97 Å². The summed E-state index contributed by atoms with van der Waals surface area (Å²) in [6, 6.07) is 4.69. The number of benzene rings is 1. The van der Waals surface area contributed by atoms with E-state index in [1.807, 2.05) is 13.8 Å². The van der Waals surface area contributed by atoms with E-state index in [1.54, 1.807) is 18.2 Å². The standard InChI is InChI=1S/C16H19N3O3S2/c1-4-19(5-2)16(23)24-9-13-17-12-8-10(15(21)22-3)6-7-11(12)14(20)18-13/h6-8H,4-5,9H2,1-3H3,(H,17,18,20). The average molecular weight is 365 g/mol. The van der Waals surface area contributed by atoms with Crippen molar-refractivity contribution in [2.45, 2.75) is 19.6 Å². The molecule has 1 heterocycles. The highest BCUT2D eigenvalue weighted by molar-refractivity contribution is 8.22. The molecule has 0 spiro atoms. The number of thiocarbonyl (C=S) groups is 1. The van der Waals surface area contributed by atoms with E-state index in [0.29, 0.717) is 28.0 Å². The van der Waals surface area contributed by atoms with E-state index in [0.717, 1.165) is 17.4 Å². The molecule has 0 aliphatic rings. The maximum Gasteiger partial charge on any atom is 0.337 e. The van der Waals surface area contributed by atoms with Crippen molar-refractivity contribution in [2.24, 2.45) is 0 Å². The molecule has 2 aromatic rings. The summed E-state index contributed by atoms with van der Waals surface area (Å²) < 4.78 is 5.47. The fourth-order valence-electron chi connectivity index (χ4n) is 2.20. The molecular weight excluding hydrogens is 346 g/mol. The Labute approximate surface area is 149 Å². The van der Waals surface area contributed by atoms with Crippen LogP contribution in [0.3, 0.4) is 0 Å². The highest BCUT2D eigenvalue weighted by Crippen LogP contribution is 2.16. The lowest BCUT2D eigenvalue weighted by atomic mass is 10.1. The Kier molecular flexibility index (Phi) is 6.33. The largest absolute Gasteiger partial charge is 0.465 e. The third kappa shape index (κ3) is 4.12.